The van der Waals surface area contributed by atoms with Gasteiger partial charge in [-0.15, -0.1) is 0 Å². The molecule has 0 heterocycles. The van der Waals surface area contributed by atoms with Gasteiger partial charge in [-0.25, -0.2) is 4.39 Å². The molecule has 0 radical (unpaired) electrons. The maximum absolute atomic E-state index is 12.9. The van der Waals surface area contributed by atoms with Crippen LogP contribution in [-0.4, -0.2) is 22.4 Å². The summed E-state index contributed by atoms with van der Waals surface area (Å²) in [5.41, 5.74) is -0.0396. The molecule has 0 aromatic heterocycles. The fourth-order valence-corrected chi connectivity index (χ4v) is 1.40. The van der Waals surface area contributed by atoms with Gasteiger partial charge in [0.05, 0.1) is 5.56 Å². The molecule has 1 atom stereocenters. The quantitative estimate of drug-likeness (QED) is 0.837. The zero-order valence-corrected chi connectivity index (χ0v) is 10.4. The zero-order valence-electron chi connectivity index (χ0n) is 8.84. The fraction of sp³-hybridized carbons (Fsp3) is 0.364. The second kappa shape index (κ2) is 5.84. The van der Waals surface area contributed by atoms with E-state index in [0.29, 0.717) is 11.4 Å². The van der Waals surface area contributed by atoms with Crippen molar-refractivity contribution in [1.82, 2.24) is 5.32 Å². The number of alkyl halides is 1. The lowest BCUT2D eigenvalue weighted by atomic mass is 10.2. The van der Waals surface area contributed by atoms with E-state index in [1.165, 1.54) is 0 Å². The Morgan fingerprint density at radius 2 is 2.31 bits per heavy atom. The van der Waals surface area contributed by atoms with E-state index in [-0.39, 0.29) is 11.3 Å². The van der Waals surface area contributed by atoms with Crippen molar-refractivity contribution in [2.24, 2.45) is 0 Å². The number of hydrogen-bond acceptors (Lipinski definition) is 2. The lowest BCUT2D eigenvalue weighted by Crippen LogP contribution is -2.25. The Kier molecular flexibility index (Phi) is 4.73. The van der Waals surface area contributed by atoms with Crippen molar-refractivity contribution in [2.45, 2.75) is 18.2 Å². The van der Waals surface area contributed by atoms with Gasteiger partial charge in [0.1, 0.15) is 11.6 Å². The Labute approximate surface area is 102 Å². The van der Waals surface area contributed by atoms with Crippen molar-refractivity contribution in [3.8, 4) is 5.75 Å². The van der Waals surface area contributed by atoms with Crippen molar-refractivity contribution in [1.29, 1.82) is 0 Å². The number of phenolic OH excluding ortho intramolecular Hbond substituents is 1. The number of benzene rings is 1. The van der Waals surface area contributed by atoms with Crippen LogP contribution in [0.3, 0.4) is 0 Å². The van der Waals surface area contributed by atoms with Gasteiger partial charge in [0.25, 0.3) is 5.91 Å². The molecule has 1 unspecified atom stereocenters. The molecule has 1 amide bonds. The second-order valence-electron chi connectivity index (χ2n) is 3.49. The first-order valence-corrected chi connectivity index (χ1v) is 5.83. The summed E-state index contributed by atoms with van der Waals surface area (Å²) in [6.07, 6.45) is 0.766. The third-order valence-electron chi connectivity index (χ3n) is 2.03. The van der Waals surface area contributed by atoms with Crippen molar-refractivity contribution in [3.63, 3.8) is 0 Å². The highest BCUT2D eigenvalue weighted by Gasteiger charge is 2.11. The Morgan fingerprint density at radius 3 is 2.94 bits per heavy atom. The number of carbonyl (C=O) groups is 1. The summed E-state index contributed by atoms with van der Waals surface area (Å²) in [6, 6.07) is 3.28. The molecule has 16 heavy (non-hydrogen) atoms. The minimum atomic E-state index is -0.545. The first-order chi connectivity index (χ1) is 7.50. The van der Waals surface area contributed by atoms with Crippen LogP contribution in [0, 0.1) is 5.82 Å². The van der Waals surface area contributed by atoms with Gasteiger partial charge in [0.2, 0.25) is 0 Å². The molecule has 0 aliphatic carbocycles. The third-order valence-corrected chi connectivity index (χ3v) is 2.49. The average molecular weight is 290 g/mol. The molecular weight excluding hydrogens is 277 g/mol. The number of carbonyl (C=O) groups excluding carboxylic acids is 1. The van der Waals surface area contributed by atoms with E-state index < -0.39 is 11.7 Å². The van der Waals surface area contributed by atoms with Gasteiger partial charge in [-0.2, -0.15) is 0 Å². The molecule has 88 valence electrons. The SMILES string of the molecule is CC(Br)CCNC(=O)c1cc(F)ccc1O. The summed E-state index contributed by atoms with van der Waals surface area (Å²) >= 11 is 3.35. The fourth-order valence-electron chi connectivity index (χ4n) is 1.17. The van der Waals surface area contributed by atoms with Crippen molar-refractivity contribution in [3.05, 3.63) is 29.6 Å². The summed E-state index contributed by atoms with van der Waals surface area (Å²) in [5.74, 6) is -1.23. The second-order valence-corrected chi connectivity index (χ2v) is 5.05. The van der Waals surface area contributed by atoms with Gasteiger partial charge in [0.15, 0.2) is 0 Å². The lowest BCUT2D eigenvalue weighted by molar-refractivity contribution is 0.0950. The first-order valence-electron chi connectivity index (χ1n) is 4.91. The molecule has 0 aliphatic heterocycles. The van der Waals surface area contributed by atoms with Crippen LogP contribution < -0.4 is 5.32 Å². The van der Waals surface area contributed by atoms with Crippen molar-refractivity contribution >= 4 is 21.8 Å². The summed E-state index contributed by atoms with van der Waals surface area (Å²) < 4.78 is 12.9. The molecule has 0 spiro atoms. The molecule has 1 rings (SSSR count). The normalized spacial score (nSPS) is 12.2. The highest BCUT2D eigenvalue weighted by Crippen LogP contribution is 2.17. The Bertz CT molecular complexity index is 382. The minimum Gasteiger partial charge on any atom is -0.507 e. The molecule has 0 fully saturated rings. The Hall–Kier alpha value is -1.10. The molecule has 2 N–H and O–H groups in total. The molecule has 1 aromatic carbocycles. The summed E-state index contributed by atoms with van der Waals surface area (Å²) in [5, 5.41) is 12.0. The molecule has 3 nitrogen and oxygen atoms in total. The largest absolute Gasteiger partial charge is 0.507 e. The summed E-state index contributed by atoms with van der Waals surface area (Å²) in [4.78, 5) is 11.8. The van der Waals surface area contributed by atoms with Crippen LogP contribution in [-0.2, 0) is 0 Å². The van der Waals surface area contributed by atoms with E-state index in [0.717, 1.165) is 24.6 Å². The number of phenols is 1. The van der Waals surface area contributed by atoms with Crippen molar-refractivity contribution in [2.75, 3.05) is 6.54 Å². The minimum absolute atomic E-state index is 0.0396. The van der Waals surface area contributed by atoms with Gasteiger partial charge in [-0.1, -0.05) is 22.9 Å². The van der Waals surface area contributed by atoms with E-state index in [1.807, 2.05) is 6.92 Å². The maximum atomic E-state index is 12.9. The number of hydrogen-bond donors (Lipinski definition) is 2. The van der Waals surface area contributed by atoms with Crippen LogP contribution in [0.5, 0.6) is 5.75 Å². The molecule has 0 bridgehead atoms. The monoisotopic (exact) mass is 289 g/mol. The molecule has 0 saturated heterocycles. The van der Waals surface area contributed by atoms with E-state index in [2.05, 4.69) is 21.2 Å². The molecule has 5 heteroatoms. The van der Waals surface area contributed by atoms with E-state index >= 15 is 0 Å². The Morgan fingerprint density at radius 1 is 1.62 bits per heavy atom. The molecule has 1 aromatic rings. The van der Waals surface area contributed by atoms with Gasteiger partial charge in [-0.3, -0.25) is 4.79 Å². The highest BCUT2D eigenvalue weighted by atomic mass is 79.9. The Balaban J connectivity index is 2.62. The number of rotatable bonds is 4. The van der Waals surface area contributed by atoms with Gasteiger partial charge in [0, 0.05) is 11.4 Å². The topological polar surface area (TPSA) is 49.3 Å². The third kappa shape index (κ3) is 3.81. The highest BCUT2D eigenvalue weighted by molar-refractivity contribution is 9.09. The number of halogens is 2. The molecular formula is C11H13BrFNO2. The average Bonchev–Trinajstić information content (AvgIpc) is 2.21. The predicted molar refractivity (Wildman–Crippen MR) is 63.4 cm³/mol. The van der Waals surface area contributed by atoms with Crippen LogP contribution in [0.15, 0.2) is 18.2 Å². The predicted octanol–water partition coefficient (Wildman–Crippen LogP) is 2.43. The first kappa shape index (κ1) is 13.0. The number of nitrogens with one attached hydrogen (secondary N) is 1. The zero-order chi connectivity index (χ0) is 12.1. The van der Waals surface area contributed by atoms with Gasteiger partial charge in [-0.05, 0) is 24.6 Å². The molecule has 0 aliphatic rings. The van der Waals surface area contributed by atoms with Crippen molar-refractivity contribution < 1.29 is 14.3 Å². The van der Waals surface area contributed by atoms with Crippen LogP contribution in [0.4, 0.5) is 4.39 Å². The number of aromatic hydroxyl groups is 1. The summed E-state index contributed by atoms with van der Waals surface area (Å²) in [7, 11) is 0. The van der Waals surface area contributed by atoms with Crippen LogP contribution in [0.1, 0.15) is 23.7 Å². The lowest BCUT2D eigenvalue weighted by Gasteiger charge is -2.07. The van der Waals surface area contributed by atoms with E-state index in [4.69, 9.17) is 0 Å². The van der Waals surface area contributed by atoms with Gasteiger partial charge < -0.3 is 10.4 Å². The smallest absolute Gasteiger partial charge is 0.255 e. The maximum Gasteiger partial charge on any atom is 0.255 e. The molecule has 0 saturated carbocycles. The van der Waals surface area contributed by atoms with Crippen LogP contribution in [0.25, 0.3) is 0 Å². The van der Waals surface area contributed by atoms with Crippen LogP contribution in [0.2, 0.25) is 0 Å². The van der Waals surface area contributed by atoms with E-state index in [1.54, 1.807) is 0 Å². The standard InChI is InChI=1S/C11H13BrFNO2/c1-7(12)4-5-14-11(16)9-6-8(13)2-3-10(9)15/h2-3,6-7,15H,4-5H2,1H3,(H,14,16). The number of amides is 1. The summed E-state index contributed by atoms with van der Waals surface area (Å²) in [6.45, 7) is 2.44. The van der Waals surface area contributed by atoms with E-state index in [9.17, 15) is 14.3 Å². The van der Waals surface area contributed by atoms with Gasteiger partial charge >= 0.3 is 0 Å². The van der Waals surface area contributed by atoms with Crippen LogP contribution >= 0.6 is 15.9 Å².